The number of hydrogen-bond donors (Lipinski definition) is 1. The molecular formula is C17H22N2O4. The van der Waals surface area contributed by atoms with Gasteiger partial charge in [0.1, 0.15) is 5.76 Å². The van der Waals surface area contributed by atoms with Crippen LogP contribution in [-0.4, -0.2) is 24.3 Å². The molecule has 1 aromatic heterocycles. The van der Waals surface area contributed by atoms with Gasteiger partial charge in [0.05, 0.1) is 19.3 Å². The number of amides is 1. The third-order valence-corrected chi connectivity index (χ3v) is 3.26. The molecule has 1 amide bonds. The second kappa shape index (κ2) is 7.17. The van der Waals surface area contributed by atoms with Gasteiger partial charge in [0, 0.05) is 6.07 Å². The van der Waals surface area contributed by atoms with Gasteiger partial charge in [0.15, 0.2) is 17.2 Å². The topological polar surface area (TPSA) is 73.6 Å². The van der Waals surface area contributed by atoms with Gasteiger partial charge in [-0.1, -0.05) is 11.2 Å². The molecule has 1 atom stereocenters. The third kappa shape index (κ3) is 4.25. The maximum absolute atomic E-state index is 12.1. The Morgan fingerprint density at radius 2 is 1.96 bits per heavy atom. The number of carbonyl (C=O) groups excluding carboxylic acids is 1. The SMILES string of the molecule is COc1cc([C@H](C)NC(=O)c2cc(C)on2)ccc1OC(C)C. The Morgan fingerprint density at radius 1 is 1.22 bits per heavy atom. The van der Waals surface area contributed by atoms with Crippen LogP contribution in [0.25, 0.3) is 0 Å². The standard InChI is InChI=1S/C17H22N2O4/c1-10(2)22-15-7-6-13(9-16(15)21-5)12(4)18-17(20)14-8-11(3)23-19-14/h6-10,12H,1-5H3,(H,18,20)/t12-/m0/s1. The second-order valence-electron chi connectivity index (χ2n) is 5.59. The van der Waals surface area contributed by atoms with E-state index in [2.05, 4.69) is 10.5 Å². The normalized spacial score (nSPS) is 12.1. The fourth-order valence-electron chi connectivity index (χ4n) is 2.13. The van der Waals surface area contributed by atoms with Crippen LogP contribution in [0.1, 0.15) is 48.6 Å². The maximum Gasteiger partial charge on any atom is 0.273 e. The smallest absolute Gasteiger partial charge is 0.273 e. The molecule has 0 saturated heterocycles. The lowest BCUT2D eigenvalue weighted by Crippen LogP contribution is -2.26. The highest BCUT2D eigenvalue weighted by Gasteiger charge is 2.16. The number of nitrogens with zero attached hydrogens (tertiary/aromatic N) is 1. The van der Waals surface area contributed by atoms with Crippen LogP contribution in [0.2, 0.25) is 0 Å². The average molecular weight is 318 g/mol. The van der Waals surface area contributed by atoms with Crippen LogP contribution in [0.15, 0.2) is 28.8 Å². The number of methoxy groups -OCH3 is 1. The second-order valence-corrected chi connectivity index (χ2v) is 5.59. The molecule has 124 valence electrons. The molecule has 0 radical (unpaired) electrons. The van der Waals surface area contributed by atoms with E-state index in [0.717, 1.165) is 5.56 Å². The molecule has 6 heteroatoms. The van der Waals surface area contributed by atoms with Crippen molar-refractivity contribution in [1.29, 1.82) is 0 Å². The molecule has 0 aliphatic carbocycles. The Balaban J connectivity index is 2.12. The summed E-state index contributed by atoms with van der Waals surface area (Å²) in [5.74, 6) is 1.63. The molecule has 0 fully saturated rings. The quantitative estimate of drug-likeness (QED) is 0.885. The van der Waals surface area contributed by atoms with Crippen molar-refractivity contribution in [3.05, 3.63) is 41.3 Å². The fourth-order valence-corrected chi connectivity index (χ4v) is 2.13. The minimum Gasteiger partial charge on any atom is -0.493 e. The van der Waals surface area contributed by atoms with Gasteiger partial charge in [-0.15, -0.1) is 0 Å². The number of rotatable bonds is 6. The molecule has 0 spiro atoms. The first-order valence-corrected chi connectivity index (χ1v) is 7.49. The lowest BCUT2D eigenvalue weighted by Gasteiger charge is -2.17. The van der Waals surface area contributed by atoms with Gasteiger partial charge < -0.3 is 19.3 Å². The molecule has 0 bridgehead atoms. The predicted octanol–water partition coefficient (Wildman–Crippen LogP) is 3.27. The van der Waals surface area contributed by atoms with Crippen molar-refractivity contribution in [2.24, 2.45) is 0 Å². The summed E-state index contributed by atoms with van der Waals surface area (Å²) >= 11 is 0. The lowest BCUT2D eigenvalue weighted by molar-refractivity contribution is 0.0930. The molecule has 0 aliphatic heterocycles. The molecular weight excluding hydrogens is 296 g/mol. The van der Waals surface area contributed by atoms with Crippen LogP contribution in [0, 0.1) is 6.92 Å². The van der Waals surface area contributed by atoms with Crippen molar-refractivity contribution in [1.82, 2.24) is 10.5 Å². The van der Waals surface area contributed by atoms with Crippen molar-refractivity contribution in [3.63, 3.8) is 0 Å². The first-order valence-electron chi connectivity index (χ1n) is 7.49. The van der Waals surface area contributed by atoms with E-state index in [1.165, 1.54) is 0 Å². The van der Waals surface area contributed by atoms with Crippen molar-refractivity contribution in [2.45, 2.75) is 39.8 Å². The first-order chi connectivity index (χ1) is 10.9. The minimum atomic E-state index is -0.282. The zero-order valence-corrected chi connectivity index (χ0v) is 14.0. The molecule has 23 heavy (non-hydrogen) atoms. The predicted molar refractivity (Wildman–Crippen MR) is 85.9 cm³/mol. The van der Waals surface area contributed by atoms with E-state index < -0.39 is 0 Å². The van der Waals surface area contributed by atoms with Crippen LogP contribution in [0.5, 0.6) is 11.5 Å². The highest BCUT2D eigenvalue weighted by molar-refractivity contribution is 5.92. The van der Waals surface area contributed by atoms with Crippen molar-refractivity contribution < 1.29 is 18.8 Å². The molecule has 0 unspecified atom stereocenters. The molecule has 6 nitrogen and oxygen atoms in total. The number of nitrogens with one attached hydrogen (secondary N) is 1. The molecule has 2 aromatic rings. The number of benzene rings is 1. The Labute approximate surface area is 135 Å². The van der Waals surface area contributed by atoms with E-state index >= 15 is 0 Å². The summed E-state index contributed by atoms with van der Waals surface area (Å²) < 4.78 is 16.0. The fraction of sp³-hybridized carbons (Fsp3) is 0.412. The van der Waals surface area contributed by atoms with Crippen molar-refractivity contribution in [2.75, 3.05) is 7.11 Å². The highest BCUT2D eigenvalue weighted by Crippen LogP contribution is 2.31. The van der Waals surface area contributed by atoms with Crippen LogP contribution >= 0.6 is 0 Å². The van der Waals surface area contributed by atoms with Gasteiger partial charge in [0.25, 0.3) is 5.91 Å². The zero-order chi connectivity index (χ0) is 17.0. The summed E-state index contributed by atoms with van der Waals surface area (Å²) in [5, 5.41) is 6.59. The highest BCUT2D eigenvalue weighted by atomic mass is 16.5. The van der Waals surface area contributed by atoms with E-state index in [4.69, 9.17) is 14.0 Å². The number of carbonyl (C=O) groups is 1. The summed E-state index contributed by atoms with van der Waals surface area (Å²) in [6.07, 6.45) is 0.0577. The lowest BCUT2D eigenvalue weighted by atomic mass is 10.1. The molecule has 2 rings (SSSR count). The van der Waals surface area contributed by atoms with Gasteiger partial charge in [-0.25, -0.2) is 0 Å². The van der Waals surface area contributed by atoms with Gasteiger partial charge in [0.2, 0.25) is 0 Å². The zero-order valence-electron chi connectivity index (χ0n) is 14.0. The Kier molecular flexibility index (Phi) is 5.26. The van der Waals surface area contributed by atoms with Crippen molar-refractivity contribution in [3.8, 4) is 11.5 Å². The Bertz CT molecular complexity index is 679. The first kappa shape index (κ1) is 16.9. The summed E-state index contributed by atoms with van der Waals surface area (Å²) in [4.78, 5) is 12.1. The number of aryl methyl sites for hydroxylation is 1. The molecule has 0 saturated carbocycles. The summed E-state index contributed by atoms with van der Waals surface area (Å²) in [5.41, 5.74) is 1.17. The summed E-state index contributed by atoms with van der Waals surface area (Å²) in [6, 6.07) is 7.00. The van der Waals surface area contributed by atoms with E-state index in [1.54, 1.807) is 20.1 Å². The molecule has 0 aliphatic rings. The summed E-state index contributed by atoms with van der Waals surface area (Å²) in [6.45, 7) is 7.54. The maximum atomic E-state index is 12.1. The van der Waals surface area contributed by atoms with E-state index in [1.807, 2.05) is 39.0 Å². The van der Waals surface area contributed by atoms with E-state index in [9.17, 15) is 4.79 Å². The van der Waals surface area contributed by atoms with Crippen LogP contribution in [0.4, 0.5) is 0 Å². The van der Waals surface area contributed by atoms with Crippen LogP contribution in [-0.2, 0) is 0 Å². The number of ether oxygens (including phenoxy) is 2. The molecule has 1 N–H and O–H groups in total. The van der Waals surface area contributed by atoms with Crippen molar-refractivity contribution >= 4 is 5.91 Å². The molecule has 1 heterocycles. The minimum absolute atomic E-state index is 0.0577. The van der Waals surface area contributed by atoms with Gasteiger partial charge in [-0.3, -0.25) is 4.79 Å². The van der Waals surface area contributed by atoms with Gasteiger partial charge >= 0.3 is 0 Å². The average Bonchev–Trinajstić information content (AvgIpc) is 2.93. The van der Waals surface area contributed by atoms with Crippen LogP contribution in [0.3, 0.4) is 0 Å². The number of aromatic nitrogens is 1. The number of hydrogen-bond acceptors (Lipinski definition) is 5. The third-order valence-electron chi connectivity index (χ3n) is 3.26. The van der Waals surface area contributed by atoms with E-state index in [-0.39, 0.29) is 23.7 Å². The summed E-state index contributed by atoms with van der Waals surface area (Å²) in [7, 11) is 1.59. The van der Waals surface area contributed by atoms with Gasteiger partial charge in [-0.2, -0.15) is 0 Å². The van der Waals surface area contributed by atoms with E-state index in [0.29, 0.717) is 17.3 Å². The Hall–Kier alpha value is -2.50. The van der Waals surface area contributed by atoms with Crippen LogP contribution < -0.4 is 14.8 Å². The van der Waals surface area contributed by atoms with Gasteiger partial charge in [-0.05, 0) is 45.4 Å². The Morgan fingerprint density at radius 3 is 2.52 bits per heavy atom. The molecule has 1 aromatic carbocycles. The largest absolute Gasteiger partial charge is 0.493 e. The monoisotopic (exact) mass is 318 g/mol.